The van der Waals surface area contributed by atoms with Crippen molar-refractivity contribution in [2.45, 2.75) is 19.9 Å². The van der Waals surface area contributed by atoms with Gasteiger partial charge in [0.1, 0.15) is 0 Å². The average Bonchev–Trinajstić information content (AvgIpc) is 2.30. The van der Waals surface area contributed by atoms with Crippen molar-refractivity contribution >= 4 is 40.1 Å². The van der Waals surface area contributed by atoms with Crippen LogP contribution in [0.15, 0.2) is 18.2 Å². The second-order valence-corrected chi connectivity index (χ2v) is 5.64. The van der Waals surface area contributed by atoms with Gasteiger partial charge in [-0.2, -0.15) is 0 Å². The van der Waals surface area contributed by atoms with E-state index in [1.54, 1.807) is 18.2 Å². The predicted molar refractivity (Wildman–Crippen MR) is 77.3 cm³/mol. The van der Waals surface area contributed by atoms with E-state index in [4.69, 9.17) is 16.7 Å². The van der Waals surface area contributed by atoms with Gasteiger partial charge in [-0.15, -0.1) is 0 Å². The fourth-order valence-electron chi connectivity index (χ4n) is 1.26. The topological polar surface area (TPSA) is 49.3 Å². The number of aliphatic hydroxyl groups is 1. The number of benzene rings is 1. The molecule has 5 heteroatoms. The minimum absolute atomic E-state index is 0.0239. The molecule has 0 bridgehead atoms. The first kappa shape index (κ1) is 14.7. The first-order valence-corrected chi connectivity index (χ1v) is 6.78. The summed E-state index contributed by atoms with van der Waals surface area (Å²) in [6.07, 6.45) is 0. The molecule has 17 heavy (non-hydrogen) atoms. The lowest BCUT2D eigenvalue weighted by atomic mass is 10.0. The first-order chi connectivity index (χ1) is 7.95. The maximum absolute atomic E-state index is 12.0. The van der Waals surface area contributed by atoms with Crippen molar-refractivity contribution in [3.63, 3.8) is 0 Å². The Morgan fingerprint density at radius 2 is 2.18 bits per heavy atom. The van der Waals surface area contributed by atoms with Crippen LogP contribution in [0.25, 0.3) is 0 Å². The summed E-state index contributed by atoms with van der Waals surface area (Å²) in [7, 11) is 0. The molecule has 0 aliphatic rings. The van der Waals surface area contributed by atoms with Crippen molar-refractivity contribution in [3.8, 4) is 0 Å². The minimum atomic E-state index is -0.162. The lowest BCUT2D eigenvalue weighted by molar-refractivity contribution is 0.0915. The molecule has 1 aromatic carbocycles. The normalized spacial score (nSPS) is 14.2. The number of nitrogens with one attached hydrogen (secondary N) is 1. The van der Waals surface area contributed by atoms with Crippen LogP contribution in [0.5, 0.6) is 0 Å². The highest BCUT2D eigenvalue weighted by molar-refractivity contribution is 14.1. The molecule has 1 aromatic rings. The number of aliphatic hydroxyl groups excluding tert-OH is 1. The lowest BCUT2D eigenvalue weighted by Crippen LogP contribution is -2.38. The Morgan fingerprint density at radius 1 is 1.53 bits per heavy atom. The molecule has 1 rings (SSSR count). The summed E-state index contributed by atoms with van der Waals surface area (Å²) in [5, 5.41) is 12.4. The maximum atomic E-state index is 12.0. The van der Waals surface area contributed by atoms with E-state index >= 15 is 0 Å². The second-order valence-electron chi connectivity index (χ2n) is 4.05. The maximum Gasteiger partial charge on any atom is 0.252 e. The molecule has 0 saturated heterocycles. The molecule has 0 saturated carbocycles. The third-order valence-corrected chi connectivity index (χ3v) is 3.85. The Balaban J connectivity index is 2.79. The van der Waals surface area contributed by atoms with Crippen molar-refractivity contribution < 1.29 is 9.90 Å². The summed E-state index contributed by atoms with van der Waals surface area (Å²) in [4.78, 5) is 12.0. The summed E-state index contributed by atoms with van der Waals surface area (Å²) in [5.74, 6) is -0.138. The molecule has 3 nitrogen and oxygen atoms in total. The molecule has 0 heterocycles. The Bertz CT molecular complexity index is 411. The molecule has 0 aliphatic carbocycles. The Labute approximate surface area is 120 Å². The molecular formula is C12H15ClINO2. The van der Waals surface area contributed by atoms with Gasteiger partial charge >= 0.3 is 0 Å². The standard InChI is InChI=1S/C12H15ClINO2/c1-7(6-16)8(2)15-12(17)10-5-9(13)3-4-11(10)14/h3-5,7-8,16H,6H2,1-2H3,(H,15,17). The molecule has 0 aliphatic heterocycles. The average molecular weight is 368 g/mol. The van der Waals surface area contributed by atoms with E-state index in [0.717, 1.165) is 3.57 Å². The highest BCUT2D eigenvalue weighted by Crippen LogP contribution is 2.18. The van der Waals surface area contributed by atoms with E-state index in [1.807, 2.05) is 13.8 Å². The number of amides is 1. The van der Waals surface area contributed by atoms with Gasteiger partial charge in [0.25, 0.3) is 5.91 Å². The minimum Gasteiger partial charge on any atom is -0.396 e. The first-order valence-electron chi connectivity index (χ1n) is 5.32. The van der Waals surface area contributed by atoms with Gasteiger partial charge in [-0.1, -0.05) is 18.5 Å². The largest absolute Gasteiger partial charge is 0.396 e. The van der Waals surface area contributed by atoms with Crippen molar-refractivity contribution in [3.05, 3.63) is 32.4 Å². The highest BCUT2D eigenvalue weighted by atomic mass is 127. The van der Waals surface area contributed by atoms with Crippen LogP contribution in [-0.4, -0.2) is 23.7 Å². The molecule has 2 atom stereocenters. The third-order valence-electron chi connectivity index (χ3n) is 2.67. The summed E-state index contributed by atoms with van der Waals surface area (Å²) < 4.78 is 0.855. The van der Waals surface area contributed by atoms with Crippen LogP contribution in [0.1, 0.15) is 24.2 Å². The van der Waals surface area contributed by atoms with Gasteiger partial charge in [0.15, 0.2) is 0 Å². The van der Waals surface area contributed by atoms with E-state index in [2.05, 4.69) is 27.9 Å². The fraction of sp³-hybridized carbons (Fsp3) is 0.417. The highest BCUT2D eigenvalue weighted by Gasteiger charge is 2.16. The SMILES string of the molecule is CC(CO)C(C)NC(=O)c1cc(Cl)ccc1I. The van der Waals surface area contributed by atoms with Crippen LogP contribution in [0.2, 0.25) is 5.02 Å². The summed E-state index contributed by atoms with van der Waals surface area (Å²) >= 11 is 7.96. The number of rotatable bonds is 4. The van der Waals surface area contributed by atoms with Crippen molar-refractivity contribution in [2.75, 3.05) is 6.61 Å². The summed E-state index contributed by atoms with van der Waals surface area (Å²) in [6.45, 7) is 3.80. The smallest absolute Gasteiger partial charge is 0.252 e. The van der Waals surface area contributed by atoms with Crippen LogP contribution >= 0.6 is 34.2 Å². The predicted octanol–water partition coefficient (Wildman–Crippen LogP) is 2.69. The van der Waals surface area contributed by atoms with Gasteiger partial charge in [0, 0.05) is 21.2 Å². The van der Waals surface area contributed by atoms with Crippen LogP contribution in [0.3, 0.4) is 0 Å². The van der Waals surface area contributed by atoms with Gasteiger partial charge in [-0.05, 0) is 53.6 Å². The van der Waals surface area contributed by atoms with Crippen molar-refractivity contribution in [1.29, 1.82) is 0 Å². The molecule has 2 N–H and O–H groups in total. The number of halogens is 2. The van der Waals surface area contributed by atoms with E-state index in [-0.39, 0.29) is 24.5 Å². The Kier molecular flexibility index (Phi) is 5.69. The van der Waals surface area contributed by atoms with E-state index in [1.165, 1.54) is 0 Å². The van der Waals surface area contributed by atoms with Crippen molar-refractivity contribution in [2.24, 2.45) is 5.92 Å². The number of hydrogen-bond acceptors (Lipinski definition) is 2. The summed E-state index contributed by atoms with van der Waals surface area (Å²) in [5.41, 5.74) is 0.565. The van der Waals surface area contributed by atoms with Gasteiger partial charge in [0.2, 0.25) is 0 Å². The van der Waals surface area contributed by atoms with Gasteiger partial charge in [-0.3, -0.25) is 4.79 Å². The number of carbonyl (C=O) groups excluding carboxylic acids is 1. The van der Waals surface area contributed by atoms with Crippen molar-refractivity contribution in [1.82, 2.24) is 5.32 Å². The summed E-state index contributed by atoms with van der Waals surface area (Å²) in [6, 6.07) is 5.12. The quantitative estimate of drug-likeness (QED) is 0.804. The molecule has 0 spiro atoms. The second kappa shape index (κ2) is 6.56. The molecule has 0 fully saturated rings. The van der Waals surface area contributed by atoms with E-state index < -0.39 is 0 Å². The zero-order valence-electron chi connectivity index (χ0n) is 9.71. The van der Waals surface area contributed by atoms with Crippen LogP contribution in [0, 0.1) is 9.49 Å². The number of carbonyl (C=O) groups is 1. The number of hydrogen-bond donors (Lipinski definition) is 2. The van der Waals surface area contributed by atoms with Crippen LogP contribution < -0.4 is 5.32 Å². The van der Waals surface area contributed by atoms with Gasteiger partial charge < -0.3 is 10.4 Å². The molecule has 1 amide bonds. The van der Waals surface area contributed by atoms with E-state index in [0.29, 0.717) is 10.6 Å². The van der Waals surface area contributed by atoms with E-state index in [9.17, 15) is 4.79 Å². The van der Waals surface area contributed by atoms with Gasteiger partial charge in [0.05, 0.1) is 5.56 Å². The Morgan fingerprint density at radius 3 is 2.76 bits per heavy atom. The third kappa shape index (κ3) is 4.12. The van der Waals surface area contributed by atoms with Gasteiger partial charge in [-0.25, -0.2) is 0 Å². The van der Waals surface area contributed by atoms with Crippen LogP contribution in [0.4, 0.5) is 0 Å². The molecule has 94 valence electrons. The van der Waals surface area contributed by atoms with Crippen LogP contribution in [-0.2, 0) is 0 Å². The monoisotopic (exact) mass is 367 g/mol. The Hall–Kier alpha value is -0.330. The molecular weight excluding hydrogens is 352 g/mol. The molecule has 2 unspecified atom stereocenters. The lowest BCUT2D eigenvalue weighted by Gasteiger charge is -2.19. The zero-order valence-corrected chi connectivity index (χ0v) is 12.6. The fourth-order valence-corrected chi connectivity index (χ4v) is 2.01. The molecule has 0 radical (unpaired) electrons. The zero-order chi connectivity index (χ0) is 13.0. The molecule has 0 aromatic heterocycles.